The third-order valence-corrected chi connectivity index (χ3v) is 5.25. The zero-order chi connectivity index (χ0) is 19.4. The number of amides is 1. The van der Waals surface area contributed by atoms with E-state index >= 15 is 0 Å². The summed E-state index contributed by atoms with van der Waals surface area (Å²) in [6.07, 6.45) is 0.215. The van der Waals surface area contributed by atoms with Gasteiger partial charge in [0.1, 0.15) is 5.75 Å². The van der Waals surface area contributed by atoms with E-state index in [4.69, 9.17) is 16.3 Å². The highest BCUT2D eigenvalue weighted by atomic mass is 35.5. The number of anilines is 1. The molecule has 1 aliphatic heterocycles. The van der Waals surface area contributed by atoms with Crippen LogP contribution in [-0.2, 0) is 4.79 Å². The van der Waals surface area contributed by atoms with Crippen LogP contribution in [-0.4, -0.2) is 43.1 Å². The molecule has 2 aromatic rings. The van der Waals surface area contributed by atoms with Crippen LogP contribution in [0.3, 0.4) is 0 Å². The number of carbonyl (C=O) groups is 1. The van der Waals surface area contributed by atoms with Crippen LogP contribution >= 0.6 is 11.6 Å². The van der Waals surface area contributed by atoms with E-state index in [1.165, 1.54) is 5.56 Å². The van der Waals surface area contributed by atoms with Crippen LogP contribution in [0.5, 0.6) is 5.75 Å². The van der Waals surface area contributed by atoms with E-state index in [1.807, 2.05) is 61.2 Å². The van der Waals surface area contributed by atoms with Gasteiger partial charge in [-0.3, -0.25) is 4.79 Å². The molecule has 1 amide bonds. The lowest BCUT2D eigenvalue weighted by molar-refractivity contribution is -0.139. The zero-order valence-electron chi connectivity index (χ0n) is 16.2. The lowest BCUT2D eigenvalue weighted by atomic mass is 10.1. The Labute approximate surface area is 166 Å². The molecule has 4 nitrogen and oxygen atoms in total. The van der Waals surface area contributed by atoms with Crippen LogP contribution in [0.15, 0.2) is 42.5 Å². The van der Waals surface area contributed by atoms with Crippen molar-refractivity contribution >= 4 is 23.2 Å². The lowest BCUT2D eigenvalue weighted by Gasteiger charge is -2.38. The summed E-state index contributed by atoms with van der Waals surface area (Å²) in [4.78, 5) is 17.2. The summed E-state index contributed by atoms with van der Waals surface area (Å²) in [5.74, 6) is 0.824. The van der Waals surface area contributed by atoms with Crippen LogP contribution in [0, 0.1) is 13.8 Å². The molecule has 5 heteroatoms. The molecule has 3 rings (SSSR count). The average Bonchev–Trinajstić information content (AvgIpc) is 2.68. The second-order valence-corrected chi connectivity index (χ2v) is 7.51. The third kappa shape index (κ3) is 4.75. The summed E-state index contributed by atoms with van der Waals surface area (Å²) in [7, 11) is 0. The number of carbonyl (C=O) groups excluding carboxylic acids is 1. The van der Waals surface area contributed by atoms with Crippen molar-refractivity contribution in [2.24, 2.45) is 0 Å². The number of halogens is 1. The van der Waals surface area contributed by atoms with Crippen molar-refractivity contribution in [2.45, 2.75) is 33.3 Å². The summed E-state index contributed by atoms with van der Waals surface area (Å²) in [6, 6.07) is 13.8. The Kier molecular flexibility index (Phi) is 6.27. The zero-order valence-corrected chi connectivity index (χ0v) is 17.0. The van der Waals surface area contributed by atoms with Crippen LogP contribution < -0.4 is 9.64 Å². The quantitative estimate of drug-likeness (QED) is 0.760. The summed E-state index contributed by atoms with van der Waals surface area (Å²) in [5, 5.41) is 0.742. The van der Waals surface area contributed by atoms with Gasteiger partial charge in [0.25, 0.3) is 5.91 Å². The van der Waals surface area contributed by atoms with Crippen molar-refractivity contribution in [1.82, 2.24) is 4.90 Å². The van der Waals surface area contributed by atoms with Crippen molar-refractivity contribution in [3.05, 3.63) is 58.6 Å². The minimum Gasteiger partial charge on any atom is -0.481 e. The smallest absolute Gasteiger partial charge is 0.263 e. The normalized spacial score (nSPS) is 15.6. The highest BCUT2D eigenvalue weighted by Crippen LogP contribution is 2.25. The van der Waals surface area contributed by atoms with Gasteiger partial charge < -0.3 is 14.5 Å². The van der Waals surface area contributed by atoms with Gasteiger partial charge in [-0.1, -0.05) is 36.7 Å². The molecule has 1 aliphatic rings. The van der Waals surface area contributed by atoms with Crippen molar-refractivity contribution < 1.29 is 9.53 Å². The van der Waals surface area contributed by atoms with E-state index in [2.05, 4.69) is 11.8 Å². The molecular weight excluding hydrogens is 360 g/mol. The van der Waals surface area contributed by atoms with Gasteiger partial charge in [0.15, 0.2) is 6.10 Å². The highest BCUT2D eigenvalue weighted by molar-refractivity contribution is 6.30. The van der Waals surface area contributed by atoms with Gasteiger partial charge in [-0.2, -0.15) is 0 Å². The maximum atomic E-state index is 12.9. The Morgan fingerprint density at radius 3 is 2.52 bits per heavy atom. The Bertz CT molecular complexity index is 801. The number of hydrogen-bond donors (Lipinski definition) is 0. The van der Waals surface area contributed by atoms with Crippen molar-refractivity contribution in [3.63, 3.8) is 0 Å². The number of rotatable bonds is 5. The van der Waals surface area contributed by atoms with Gasteiger partial charge in [-0.05, 0) is 55.7 Å². The topological polar surface area (TPSA) is 32.8 Å². The van der Waals surface area contributed by atoms with E-state index in [0.29, 0.717) is 19.5 Å². The fourth-order valence-electron chi connectivity index (χ4n) is 3.46. The maximum absolute atomic E-state index is 12.9. The second-order valence-electron chi connectivity index (χ2n) is 7.07. The van der Waals surface area contributed by atoms with Crippen molar-refractivity contribution in [3.8, 4) is 5.75 Å². The molecule has 1 atom stereocenters. The Balaban J connectivity index is 1.62. The Hall–Kier alpha value is -2.20. The first-order valence-electron chi connectivity index (χ1n) is 9.51. The molecule has 2 aromatic carbocycles. The molecule has 0 unspecified atom stereocenters. The summed E-state index contributed by atoms with van der Waals surface area (Å²) in [6.45, 7) is 9.08. The summed E-state index contributed by atoms with van der Waals surface area (Å²) in [5.41, 5.74) is 3.48. The lowest BCUT2D eigenvalue weighted by Crippen LogP contribution is -2.52. The molecule has 27 heavy (non-hydrogen) atoms. The molecule has 0 spiro atoms. The molecule has 1 heterocycles. The predicted octanol–water partition coefficient (Wildman–Crippen LogP) is 4.46. The minimum atomic E-state index is -0.439. The molecular formula is C22H27ClN2O2. The van der Waals surface area contributed by atoms with Crippen LogP contribution in [0.1, 0.15) is 24.5 Å². The molecule has 0 aromatic heterocycles. The van der Waals surface area contributed by atoms with Gasteiger partial charge in [-0.25, -0.2) is 0 Å². The maximum Gasteiger partial charge on any atom is 0.263 e. The van der Waals surface area contributed by atoms with Gasteiger partial charge >= 0.3 is 0 Å². The van der Waals surface area contributed by atoms with Crippen molar-refractivity contribution in [1.29, 1.82) is 0 Å². The summed E-state index contributed by atoms with van der Waals surface area (Å²) >= 11 is 6.16. The third-order valence-electron chi connectivity index (χ3n) is 5.02. The SMILES string of the molecule is CC[C@H](Oc1cccc(C)c1)C(=O)N1CCN(c2cc(Cl)ccc2C)CC1. The number of piperazine rings is 1. The van der Waals surface area contributed by atoms with Crippen LogP contribution in [0.4, 0.5) is 5.69 Å². The second kappa shape index (κ2) is 8.66. The van der Waals surface area contributed by atoms with Crippen LogP contribution in [0.2, 0.25) is 5.02 Å². The first kappa shape index (κ1) is 19.6. The van der Waals surface area contributed by atoms with E-state index < -0.39 is 6.10 Å². The van der Waals surface area contributed by atoms with Gasteiger partial charge in [-0.15, -0.1) is 0 Å². The average molecular weight is 387 g/mol. The Morgan fingerprint density at radius 2 is 1.85 bits per heavy atom. The Morgan fingerprint density at radius 1 is 1.11 bits per heavy atom. The van der Waals surface area contributed by atoms with Crippen LogP contribution in [0.25, 0.3) is 0 Å². The predicted molar refractivity (Wildman–Crippen MR) is 111 cm³/mol. The van der Waals surface area contributed by atoms with E-state index in [1.54, 1.807) is 0 Å². The van der Waals surface area contributed by atoms with Crippen molar-refractivity contribution in [2.75, 3.05) is 31.1 Å². The van der Waals surface area contributed by atoms with E-state index in [0.717, 1.165) is 35.1 Å². The number of benzene rings is 2. The van der Waals surface area contributed by atoms with Gasteiger partial charge in [0, 0.05) is 36.9 Å². The molecule has 0 N–H and O–H groups in total. The molecule has 144 valence electrons. The first-order valence-corrected chi connectivity index (χ1v) is 9.89. The van der Waals surface area contributed by atoms with E-state index in [-0.39, 0.29) is 5.91 Å². The number of ether oxygens (including phenoxy) is 1. The fraction of sp³-hybridized carbons (Fsp3) is 0.409. The molecule has 1 saturated heterocycles. The molecule has 0 saturated carbocycles. The fourth-order valence-corrected chi connectivity index (χ4v) is 3.62. The minimum absolute atomic E-state index is 0.0708. The number of hydrogen-bond acceptors (Lipinski definition) is 3. The molecule has 0 radical (unpaired) electrons. The van der Waals surface area contributed by atoms with E-state index in [9.17, 15) is 4.79 Å². The number of aryl methyl sites for hydroxylation is 2. The molecule has 0 aliphatic carbocycles. The molecule has 1 fully saturated rings. The monoisotopic (exact) mass is 386 g/mol. The molecule has 0 bridgehead atoms. The van der Waals surface area contributed by atoms with Gasteiger partial charge in [0.2, 0.25) is 0 Å². The highest BCUT2D eigenvalue weighted by Gasteiger charge is 2.28. The standard InChI is InChI=1S/C22H27ClN2O2/c1-4-21(27-19-7-5-6-16(2)14-19)22(26)25-12-10-24(11-13-25)20-15-18(23)9-8-17(20)3/h5-9,14-15,21H,4,10-13H2,1-3H3/t21-/m0/s1. The number of nitrogens with zero attached hydrogens (tertiary/aromatic N) is 2. The van der Waals surface area contributed by atoms with Gasteiger partial charge in [0.05, 0.1) is 0 Å². The largest absolute Gasteiger partial charge is 0.481 e. The summed E-state index contributed by atoms with van der Waals surface area (Å²) < 4.78 is 5.98. The first-order chi connectivity index (χ1) is 13.0.